The molecule has 0 saturated heterocycles. The van der Waals surface area contributed by atoms with E-state index < -0.39 is 0 Å². The number of pyridine rings is 2. The zero-order valence-corrected chi connectivity index (χ0v) is 10.6. The third kappa shape index (κ3) is 1.66. The van der Waals surface area contributed by atoms with Crippen LogP contribution in [0.1, 0.15) is 5.56 Å². The van der Waals surface area contributed by atoms with Crippen LogP contribution in [0.3, 0.4) is 0 Å². The zero-order chi connectivity index (χ0) is 12.5. The summed E-state index contributed by atoms with van der Waals surface area (Å²) in [5.74, 6) is 0. The lowest BCUT2D eigenvalue weighted by molar-refractivity contribution is -0.659. The van der Waals surface area contributed by atoms with Gasteiger partial charge in [-0.15, -0.1) is 0 Å². The highest BCUT2D eigenvalue weighted by Gasteiger charge is 2.15. The molecule has 0 aliphatic carbocycles. The summed E-state index contributed by atoms with van der Waals surface area (Å²) < 4.78 is 2.17. The van der Waals surface area contributed by atoms with Crippen molar-refractivity contribution in [1.29, 1.82) is 0 Å². The molecule has 0 atom stereocenters. The van der Waals surface area contributed by atoms with Crippen molar-refractivity contribution in [2.75, 3.05) is 0 Å². The van der Waals surface area contributed by atoms with Crippen LogP contribution in [0.4, 0.5) is 0 Å². The lowest BCUT2D eigenvalue weighted by Crippen LogP contribution is -2.30. The van der Waals surface area contributed by atoms with Gasteiger partial charge in [0.15, 0.2) is 6.20 Å². The van der Waals surface area contributed by atoms with Crippen molar-refractivity contribution in [2.45, 2.75) is 6.92 Å². The third-order valence-electron chi connectivity index (χ3n) is 3.32. The fourth-order valence-corrected chi connectivity index (χ4v) is 2.39. The standard InChI is InChI=1S/C16H15N2/c1-12-11-17-9-7-14(12)16-15-6-4-3-5-13(15)8-10-18(16)2/h3-11H,1-2H3/q+1. The van der Waals surface area contributed by atoms with Crippen LogP contribution in [0.2, 0.25) is 0 Å². The second kappa shape index (κ2) is 4.22. The van der Waals surface area contributed by atoms with Crippen molar-refractivity contribution >= 4 is 10.8 Å². The number of nitrogens with zero attached hydrogens (tertiary/aromatic N) is 2. The van der Waals surface area contributed by atoms with E-state index in [2.05, 4.69) is 66.1 Å². The highest BCUT2D eigenvalue weighted by molar-refractivity contribution is 5.93. The lowest BCUT2D eigenvalue weighted by atomic mass is 10.0. The van der Waals surface area contributed by atoms with Crippen molar-refractivity contribution in [1.82, 2.24) is 4.98 Å². The largest absolute Gasteiger partial charge is 0.264 e. The van der Waals surface area contributed by atoms with Crippen LogP contribution in [0, 0.1) is 6.92 Å². The van der Waals surface area contributed by atoms with E-state index in [9.17, 15) is 0 Å². The quantitative estimate of drug-likeness (QED) is 0.592. The fraction of sp³-hybridized carbons (Fsp3) is 0.125. The first-order chi connectivity index (χ1) is 8.77. The van der Waals surface area contributed by atoms with Crippen LogP contribution in [0.15, 0.2) is 55.0 Å². The monoisotopic (exact) mass is 235 g/mol. The molecule has 0 spiro atoms. The second-order valence-electron chi connectivity index (χ2n) is 4.55. The summed E-state index contributed by atoms with van der Waals surface area (Å²) >= 11 is 0. The SMILES string of the molecule is Cc1cnccc1-c1c2ccccc2cc[n+]1C. The molecule has 0 radical (unpaired) electrons. The van der Waals surface area contributed by atoms with Gasteiger partial charge in [-0.1, -0.05) is 18.2 Å². The Balaban J connectivity index is 2.42. The molecule has 0 N–H and O–H groups in total. The normalized spacial score (nSPS) is 10.8. The maximum Gasteiger partial charge on any atom is 0.220 e. The Hall–Kier alpha value is -2.22. The first-order valence-electron chi connectivity index (χ1n) is 6.06. The summed E-state index contributed by atoms with van der Waals surface area (Å²) in [7, 11) is 2.08. The van der Waals surface area contributed by atoms with Crippen molar-refractivity contribution in [3.05, 3.63) is 60.6 Å². The molecule has 0 saturated carbocycles. The predicted octanol–water partition coefficient (Wildman–Crippen LogP) is 3.03. The number of benzene rings is 1. The molecule has 2 nitrogen and oxygen atoms in total. The van der Waals surface area contributed by atoms with Gasteiger partial charge in [-0.3, -0.25) is 4.98 Å². The topological polar surface area (TPSA) is 16.8 Å². The molecule has 88 valence electrons. The Bertz CT molecular complexity index is 717. The molecular formula is C16H15N2+. The molecule has 3 rings (SSSR count). The molecule has 0 unspecified atom stereocenters. The minimum Gasteiger partial charge on any atom is -0.264 e. The Morgan fingerprint density at radius 1 is 1.06 bits per heavy atom. The second-order valence-corrected chi connectivity index (χ2v) is 4.55. The summed E-state index contributed by atoms with van der Waals surface area (Å²) in [6, 6.07) is 12.7. The van der Waals surface area contributed by atoms with Crippen molar-refractivity contribution < 1.29 is 4.57 Å². The molecule has 0 aliphatic rings. The molecule has 0 fully saturated rings. The maximum absolute atomic E-state index is 4.17. The van der Waals surface area contributed by atoms with Gasteiger partial charge >= 0.3 is 0 Å². The van der Waals surface area contributed by atoms with Gasteiger partial charge in [-0.25, -0.2) is 4.57 Å². The molecule has 0 bridgehead atoms. The molecule has 2 heteroatoms. The highest BCUT2D eigenvalue weighted by atomic mass is 14.9. The van der Waals surface area contributed by atoms with Gasteiger partial charge in [0.2, 0.25) is 5.69 Å². The smallest absolute Gasteiger partial charge is 0.220 e. The van der Waals surface area contributed by atoms with E-state index in [0.717, 1.165) is 0 Å². The average molecular weight is 235 g/mol. The Labute approximate surface area is 107 Å². The zero-order valence-electron chi connectivity index (χ0n) is 10.6. The van der Waals surface area contributed by atoms with E-state index in [4.69, 9.17) is 0 Å². The molecule has 2 aromatic heterocycles. The Kier molecular flexibility index (Phi) is 2.56. The van der Waals surface area contributed by atoms with E-state index in [1.807, 2.05) is 12.4 Å². The number of hydrogen-bond acceptors (Lipinski definition) is 1. The van der Waals surface area contributed by atoms with E-state index in [0.29, 0.717) is 0 Å². The molecule has 2 heterocycles. The van der Waals surface area contributed by atoms with E-state index >= 15 is 0 Å². The predicted molar refractivity (Wildman–Crippen MR) is 73.1 cm³/mol. The third-order valence-corrected chi connectivity index (χ3v) is 3.32. The van der Waals surface area contributed by atoms with Gasteiger partial charge in [0.1, 0.15) is 7.05 Å². The average Bonchev–Trinajstić information content (AvgIpc) is 2.40. The molecular weight excluding hydrogens is 220 g/mol. The van der Waals surface area contributed by atoms with E-state index in [1.54, 1.807) is 0 Å². The first kappa shape index (κ1) is 10.9. The van der Waals surface area contributed by atoms with Gasteiger partial charge < -0.3 is 0 Å². The van der Waals surface area contributed by atoms with Crippen LogP contribution in [0.5, 0.6) is 0 Å². The van der Waals surface area contributed by atoms with Gasteiger partial charge in [-0.05, 0) is 30.0 Å². The van der Waals surface area contributed by atoms with Gasteiger partial charge in [0.25, 0.3) is 0 Å². The summed E-state index contributed by atoms with van der Waals surface area (Å²) in [5, 5.41) is 2.54. The first-order valence-corrected chi connectivity index (χ1v) is 6.06. The summed E-state index contributed by atoms with van der Waals surface area (Å²) in [6.45, 7) is 2.10. The Morgan fingerprint density at radius 2 is 1.89 bits per heavy atom. The van der Waals surface area contributed by atoms with Crippen LogP contribution in [0.25, 0.3) is 22.0 Å². The van der Waals surface area contributed by atoms with Crippen LogP contribution in [-0.2, 0) is 7.05 Å². The van der Waals surface area contributed by atoms with E-state index in [1.165, 1.54) is 27.6 Å². The minimum atomic E-state index is 1.20. The summed E-state index contributed by atoms with van der Waals surface area (Å²) in [5.41, 5.74) is 3.68. The number of hydrogen-bond donors (Lipinski definition) is 0. The number of aryl methyl sites for hydroxylation is 2. The lowest BCUT2D eigenvalue weighted by Gasteiger charge is -2.06. The number of fused-ring (bicyclic) bond motifs is 1. The Morgan fingerprint density at radius 3 is 2.72 bits per heavy atom. The maximum atomic E-state index is 4.17. The van der Waals surface area contributed by atoms with Crippen LogP contribution >= 0.6 is 0 Å². The molecule has 3 aromatic rings. The van der Waals surface area contributed by atoms with Gasteiger partial charge in [0.05, 0.1) is 10.9 Å². The fourth-order valence-electron chi connectivity index (χ4n) is 2.39. The molecule has 0 aliphatic heterocycles. The molecule has 1 aromatic carbocycles. The van der Waals surface area contributed by atoms with Gasteiger partial charge in [-0.2, -0.15) is 0 Å². The number of rotatable bonds is 1. The van der Waals surface area contributed by atoms with Crippen LogP contribution in [-0.4, -0.2) is 4.98 Å². The number of aromatic nitrogens is 2. The highest BCUT2D eigenvalue weighted by Crippen LogP contribution is 2.26. The van der Waals surface area contributed by atoms with Gasteiger partial charge in [0, 0.05) is 18.5 Å². The summed E-state index contributed by atoms with van der Waals surface area (Å²) in [4.78, 5) is 4.17. The van der Waals surface area contributed by atoms with Crippen molar-refractivity contribution in [3.63, 3.8) is 0 Å². The van der Waals surface area contributed by atoms with Crippen molar-refractivity contribution in [2.24, 2.45) is 7.05 Å². The van der Waals surface area contributed by atoms with Crippen molar-refractivity contribution in [3.8, 4) is 11.3 Å². The van der Waals surface area contributed by atoms with E-state index in [-0.39, 0.29) is 0 Å². The van der Waals surface area contributed by atoms with Crippen LogP contribution < -0.4 is 4.57 Å². The summed E-state index contributed by atoms with van der Waals surface area (Å²) in [6.07, 6.45) is 5.87. The molecule has 18 heavy (non-hydrogen) atoms. The minimum absolute atomic E-state index is 1.20. The molecule has 0 amide bonds.